The van der Waals surface area contributed by atoms with Crippen molar-refractivity contribution in [3.63, 3.8) is 0 Å². The highest BCUT2D eigenvalue weighted by Gasteiger charge is 2.19. The predicted octanol–water partition coefficient (Wildman–Crippen LogP) is 4.50. The minimum Gasteiger partial charge on any atom is -0.497 e. The number of methoxy groups -OCH3 is 1. The van der Waals surface area contributed by atoms with Gasteiger partial charge in [-0.15, -0.1) is 5.10 Å². The Morgan fingerprint density at radius 3 is 2.38 bits per heavy atom. The van der Waals surface area contributed by atoms with Gasteiger partial charge in [-0.25, -0.2) is 0 Å². The van der Waals surface area contributed by atoms with Gasteiger partial charge >= 0.3 is 0 Å². The average Bonchev–Trinajstić information content (AvgIpc) is 3.33. The molecule has 8 heteroatoms. The molecule has 0 bridgehead atoms. The van der Waals surface area contributed by atoms with Gasteiger partial charge < -0.3 is 15.0 Å². The highest BCUT2D eigenvalue weighted by Crippen LogP contribution is 2.21. The molecule has 0 fully saturated rings. The number of hydrogen-bond donors (Lipinski definition) is 1. The Kier molecular flexibility index (Phi) is 7.17. The van der Waals surface area contributed by atoms with Gasteiger partial charge in [0.05, 0.1) is 7.11 Å². The Morgan fingerprint density at radius 1 is 1.03 bits per heavy atom. The van der Waals surface area contributed by atoms with Crippen molar-refractivity contribution < 1.29 is 9.53 Å². The van der Waals surface area contributed by atoms with Crippen LogP contribution in [0.3, 0.4) is 0 Å². The Bertz CT molecular complexity index is 1220. The minimum atomic E-state index is -0.287. The van der Waals surface area contributed by atoms with E-state index in [4.69, 9.17) is 4.74 Å². The summed E-state index contributed by atoms with van der Waals surface area (Å²) in [7, 11) is 1.59. The fraction of sp³-hybridized carbons (Fsp3) is 0.231. The Labute approximate surface area is 199 Å². The number of carbonyl (C=O) groups is 1. The summed E-state index contributed by atoms with van der Waals surface area (Å²) in [6.45, 7) is 6.71. The standard InChI is InChI=1S/C26H28N6O2/c1-4-31(5-2)22-12-8-19(9-13-22)17-28-26-29-24(21-7-6-16-27-18-21)30-32(26)25(33)20-10-14-23(34-3)15-11-20/h6-16,18H,4-5,17H2,1-3H3,(H,28,29,30). The van der Waals surface area contributed by atoms with Crippen molar-refractivity contribution in [2.24, 2.45) is 0 Å². The molecule has 2 aromatic carbocycles. The molecule has 0 spiro atoms. The maximum Gasteiger partial charge on any atom is 0.281 e. The molecule has 0 saturated heterocycles. The zero-order valence-electron chi connectivity index (χ0n) is 19.6. The van der Waals surface area contributed by atoms with Crippen LogP contribution in [-0.4, -0.2) is 45.9 Å². The second kappa shape index (κ2) is 10.6. The molecule has 0 unspecified atom stereocenters. The lowest BCUT2D eigenvalue weighted by Crippen LogP contribution is -2.21. The van der Waals surface area contributed by atoms with Gasteiger partial charge in [0.1, 0.15) is 5.75 Å². The molecule has 8 nitrogen and oxygen atoms in total. The summed E-state index contributed by atoms with van der Waals surface area (Å²) >= 11 is 0. The van der Waals surface area contributed by atoms with E-state index in [0.717, 1.165) is 24.2 Å². The van der Waals surface area contributed by atoms with Crippen molar-refractivity contribution in [3.8, 4) is 17.1 Å². The zero-order valence-corrected chi connectivity index (χ0v) is 19.6. The van der Waals surface area contributed by atoms with Gasteiger partial charge in [0, 0.05) is 48.8 Å². The van der Waals surface area contributed by atoms with Gasteiger partial charge in [-0.2, -0.15) is 9.67 Å². The summed E-state index contributed by atoms with van der Waals surface area (Å²) in [6.07, 6.45) is 3.36. The monoisotopic (exact) mass is 456 g/mol. The molecular weight excluding hydrogens is 428 g/mol. The zero-order chi connectivity index (χ0) is 23.9. The van der Waals surface area contributed by atoms with Crippen LogP contribution >= 0.6 is 0 Å². The summed E-state index contributed by atoms with van der Waals surface area (Å²) in [4.78, 5) is 24.3. The second-order valence-corrected chi connectivity index (χ2v) is 7.64. The lowest BCUT2D eigenvalue weighted by molar-refractivity contribution is 0.0947. The van der Waals surface area contributed by atoms with Crippen molar-refractivity contribution in [2.75, 3.05) is 30.4 Å². The number of nitrogens with zero attached hydrogens (tertiary/aromatic N) is 5. The first-order valence-corrected chi connectivity index (χ1v) is 11.3. The number of pyridine rings is 1. The van der Waals surface area contributed by atoms with Gasteiger partial charge in [-0.05, 0) is 67.9 Å². The number of nitrogens with one attached hydrogen (secondary N) is 1. The maximum absolute atomic E-state index is 13.3. The molecule has 34 heavy (non-hydrogen) atoms. The largest absolute Gasteiger partial charge is 0.497 e. The molecule has 2 aromatic heterocycles. The Morgan fingerprint density at radius 2 is 1.76 bits per heavy atom. The molecular formula is C26H28N6O2. The lowest BCUT2D eigenvalue weighted by Gasteiger charge is -2.21. The number of hydrogen-bond acceptors (Lipinski definition) is 7. The lowest BCUT2D eigenvalue weighted by atomic mass is 10.2. The van der Waals surface area contributed by atoms with Crippen LogP contribution in [0.15, 0.2) is 73.1 Å². The molecule has 0 aliphatic rings. The van der Waals surface area contributed by atoms with Crippen molar-refractivity contribution >= 4 is 17.5 Å². The molecule has 0 radical (unpaired) electrons. The fourth-order valence-corrected chi connectivity index (χ4v) is 3.64. The van der Waals surface area contributed by atoms with E-state index in [2.05, 4.69) is 63.4 Å². The van der Waals surface area contributed by atoms with Crippen LogP contribution in [0.2, 0.25) is 0 Å². The van der Waals surface area contributed by atoms with E-state index in [1.54, 1.807) is 43.8 Å². The number of aromatic nitrogens is 4. The minimum absolute atomic E-state index is 0.287. The first-order valence-electron chi connectivity index (χ1n) is 11.3. The summed E-state index contributed by atoms with van der Waals surface area (Å²) in [5.41, 5.74) is 3.47. The number of ether oxygens (including phenoxy) is 1. The molecule has 0 amide bonds. The van der Waals surface area contributed by atoms with Crippen LogP contribution in [0.1, 0.15) is 29.8 Å². The van der Waals surface area contributed by atoms with Crippen LogP contribution in [0, 0.1) is 0 Å². The van der Waals surface area contributed by atoms with Gasteiger partial charge in [0.15, 0.2) is 5.82 Å². The average molecular weight is 457 g/mol. The van der Waals surface area contributed by atoms with E-state index in [-0.39, 0.29) is 5.91 Å². The number of benzene rings is 2. The van der Waals surface area contributed by atoms with E-state index in [1.165, 1.54) is 10.4 Å². The van der Waals surface area contributed by atoms with Gasteiger partial charge in [0.25, 0.3) is 5.91 Å². The highest BCUT2D eigenvalue weighted by molar-refractivity contribution is 5.97. The summed E-state index contributed by atoms with van der Waals surface area (Å²) in [5, 5.41) is 7.77. The van der Waals surface area contributed by atoms with E-state index in [1.807, 2.05) is 12.1 Å². The number of carbonyl (C=O) groups excluding carboxylic acids is 1. The van der Waals surface area contributed by atoms with Crippen molar-refractivity contribution in [1.29, 1.82) is 0 Å². The third-order valence-electron chi connectivity index (χ3n) is 5.57. The molecule has 4 rings (SSSR count). The van der Waals surface area contributed by atoms with Gasteiger partial charge in [0.2, 0.25) is 5.95 Å². The molecule has 1 N–H and O–H groups in total. The normalized spacial score (nSPS) is 10.7. The van der Waals surface area contributed by atoms with Crippen LogP contribution in [0.5, 0.6) is 5.75 Å². The molecule has 0 atom stereocenters. The van der Waals surface area contributed by atoms with E-state index < -0.39 is 0 Å². The number of anilines is 2. The molecule has 0 saturated carbocycles. The smallest absolute Gasteiger partial charge is 0.281 e. The van der Waals surface area contributed by atoms with E-state index in [0.29, 0.717) is 29.6 Å². The van der Waals surface area contributed by atoms with Crippen LogP contribution in [-0.2, 0) is 6.54 Å². The molecule has 0 aliphatic heterocycles. The van der Waals surface area contributed by atoms with Crippen molar-refractivity contribution in [2.45, 2.75) is 20.4 Å². The Hall–Kier alpha value is -4.20. The molecule has 174 valence electrons. The highest BCUT2D eigenvalue weighted by atomic mass is 16.5. The quantitative estimate of drug-likeness (QED) is 0.397. The third-order valence-corrected chi connectivity index (χ3v) is 5.57. The maximum atomic E-state index is 13.3. The second-order valence-electron chi connectivity index (χ2n) is 7.64. The van der Waals surface area contributed by atoms with Crippen LogP contribution in [0.4, 0.5) is 11.6 Å². The molecule has 4 aromatic rings. The first kappa shape index (κ1) is 23.0. The fourth-order valence-electron chi connectivity index (χ4n) is 3.64. The SMILES string of the molecule is CCN(CC)c1ccc(CNc2nc(-c3cccnc3)nn2C(=O)c2ccc(OC)cc2)cc1. The van der Waals surface area contributed by atoms with Gasteiger partial charge in [-0.3, -0.25) is 9.78 Å². The van der Waals surface area contributed by atoms with E-state index in [9.17, 15) is 4.79 Å². The summed E-state index contributed by atoms with van der Waals surface area (Å²) < 4.78 is 6.50. The topological polar surface area (TPSA) is 85.2 Å². The summed E-state index contributed by atoms with van der Waals surface area (Å²) in [5.74, 6) is 1.18. The Balaban J connectivity index is 1.60. The van der Waals surface area contributed by atoms with Crippen LogP contribution in [0.25, 0.3) is 11.4 Å². The van der Waals surface area contributed by atoms with Crippen molar-refractivity contribution in [3.05, 3.63) is 84.2 Å². The third kappa shape index (κ3) is 5.06. The van der Waals surface area contributed by atoms with Gasteiger partial charge in [-0.1, -0.05) is 12.1 Å². The molecule has 0 aliphatic carbocycles. The van der Waals surface area contributed by atoms with Crippen molar-refractivity contribution in [1.82, 2.24) is 19.7 Å². The van der Waals surface area contributed by atoms with Crippen LogP contribution < -0.4 is 15.0 Å². The number of rotatable bonds is 9. The van der Waals surface area contributed by atoms with E-state index >= 15 is 0 Å². The first-order chi connectivity index (χ1) is 16.6. The molecule has 2 heterocycles. The predicted molar refractivity (Wildman–Crippen MR) is 133 cm³/mol. The summed E-state index contributed by atoms with van der Waals surface area (Å²) in [6, 6.07) is 19.0.